The Kier molecular flexibility index (Phi) is 7.16. The number of amides is 2. The van der Waals surface area contributed by atoms with Crippen molar-refractivity contribution in [3.63, 3.8) is 0 Å². The number of nitrogens with one attached hydrogen (secondary N) is 2. The second-order valence-corrected chi connectivity index (χ2v) is 8.89. The molecule has 0 aliphatic rings. The molecule has 3 aromatic carbocycles. The quantitative estimate of drug-likeness (QED) is 0.340. The van der Waals surface area contributed by atoms with Crippen molar-refractivity contribution in [2.45, 2.75) is 12.1 Å². The highest BCUT2D eigenvalue weighted by Gasteiger charge is 2.13. The van der Waals surface area contributed by atoms with E-state index in [1.54, 1.807) is 28.9 Å². The van der Waals surface area contributed by atoms with E-state index in [0.717, 1.165) is 15.7 Å². The summed E-state index contributed by atoms with van der Waals surface area (Å²) in [6.07, 6.45) is 0. The molecule has 0 aliphatic heterocycles. The molecule has 0 bridgehead atoms. The summed E-state index contributed by atoms with van der Waals surface area (Å²) in [5, 5.41) is 18.0. The molecule has 0 spiro atoms. The van der Waals surface area contributed by atoms with Gasteiger partial charge in [0.15, 0.2) is 0 Å². The average molecular weight is 523 g/mol. The van der Waals surface area contributed by atoms with Gasteiger partial charge in [0.05, 0.1) is 11.4 Å². The smallest absolute Gasteiger partial charge is 0.255 e. The zero-order valence-corrected chi connectivity index (χ0v) is 19.9. The molecule has 0 unspecified atom stereocenters. The van der Waals surface area contributed by atoms with Crippen molar-refractivity contribution >= 4 is 50.9 Å². The van der Waals surface area contributed by atoms with Gasteiger partial charge in [0.2, 0.25) is 11.1 Å². The minimum absolute atomic E-state index is 0.122. The molecular weight excluding hydrogens is 504 g/mol. The molecule has 1 heterocycles. The number of anilines is 2. The maximum atomic E-state index is 12.5. The van der Waals surface area contributed by atoms with Crippen molar-refractivity contribution in [2.24, 2.45) is 0 Å². The molecule has 0 fully saturated rings. The Balaban J connectivity index is 1.38. The van der Waals surface area contributed by atoms with E-state index in [4.69, 9.17) is 0 Å². The van der Waals surface area contributed by atoms with Gasteiger partial charge in [-0.25, -0.2) is 0 Å². The first-order valence-corrected chi connectivity index (χ1v) is 11.7. The second kappa shape index (κ2) is 10.4. The number of nitrogens with zero attached hydrogens (tertiary/aromatic N) is 4. The van der Waals surface area contributed by atoms with Crippen molar-refractivity contribution in [2.75, 3.05) is 16.4 Å². The van der Waals surface area contributed by atoms with Crippen molar-refractivity contribution in [3.05, 3.63) is 88.4 Å². The van der Waals surface area contributed by atoms with E-state index in [1.807, 2.05) is 55.5 Å². The second-order valence-electron chi connectivity index (χ2n) is 7.04. The van der Waals surface area contributed by atoms with Gasteiger partial charge in [0.25, 0.3) is 5.91 Å². The molecule has 0 saturated heterocycles. The van der Waals surface area contributed by atoms with Crippen molar-refractivity contribution in [1.82, 2.24) is 20.2 Å². The van der Waals surface area contributed by atoms with Crippen LogP contribution in [-0.4, -0.2) is 37.8 Å². The molecule has 0 atom stereocenters. The van der Waals surface area contributed by atoms with E-state index in [-0.39, 0.29) is 17.6 Å². The number of hydrogen-bond donors (Lipinski definition) is 2. The van der Waals surface area contributed by atoms with Crippen LogP contribution in [0.1, 0.15) is 15.9 Å². The summed E-state index contributed by atoms with van der Waals surface area (Å²) in [7, 11) is 0. The van der Waals surface area contributed by atoms with Gasteiger partial charge in [-0.05, 0) is 71.4 Å². The van der Waals surface area contributed by atoms with Crippen molar-refractivity contribution in [1.29, 1.82) is 0 Å². The topological polar surface area (TPSA) is 102 Å². The third kappa shape index (κ3) is 5.85. The van der Waals surface area contributed by atoms with Crippen LogP contribution in [-0.2, 0) is 4.79 Å². The van der Waals surface area contributed by atoms with Crippen LogP contribution in [0.3, 0.4) is 0 Å². The van der Waals surface area contributed by atoms with Gasteiger partial charge in [0, 0.05) is 21.4 Å². The Morgan fingerprint density at radius 2 is 1.76 bits per heavy atom. The maximum Gasteiger partial charge on any atom is 0.255 e. The lowest BCUT2D eigenvalue weighted by molar-refractivity contribution is -0.113. The van der Waals surface area contributed by atoms with Crippen LogP contribution in [0.2, 0.25) is 0 Å². The highest BCUT2D eigenvalue weighted by atomic mass is 79.9. The van der Waals surface area contributed by atoms with Gasteiger partial charge in [-0.1, -0.05) is 52.0 Å². The Morgan fingerprint density at radius 3 is 2.52 bits per heavy atom. The molecule has 2 N–H and O–H groups in total. The number of hydrogen-bond acceptors (Lipinski definition) is 6. The standard InChI is InChI=1S/C23H19BrN6O2S/c1-15-7-10-18(13-20(15)26-22(32)16-5-3-2-4-6-16)25-21(31)14-33-23-27-28-29-30(23)19-11-8-17(24)9-12-19/h2-13H,14H2,1H3,(H,25,31)(H,26,32). The molecule has 4 aromatic rings. The molecule has 10 heteroatoms. The third-order valence-corrected chi connectivity index (χ3v) is 6.10. The molecule has 166 valence electrons. The van der Waals surface area contributed by atoms with Gasteiger partial charge < -0.3 is 10.6 Å². The predicted molar refractivity (Wildman–Crippen MR) is 132 cm³/mol. The maximum absolute atomic E-state index is 12.5. The molecule has 2 amide bonds. The lowest BCUT2D eigenvalue weighted by Gasteiger charge is -2.12. The summed E-state index contributed by atoms with van der Waals surface area (Å²) in [6.45, 7) is 1.89. The first-order valence-electron chi connectivity index (χ1n) is 9.93. The molecule has 1 aromatic heterocycles. The van der Waals surface area contributed by atoms with E-state index in [0.29, 0.717) is 22.1 Å². The number of tetrazole rings is 1. The fourth-order valence-corrected chi connectivity index (χ4v) is 3.91. The molecule has 0 saturated carbocycles. The minimum atomic E-state index is -0.213. The van der Waals surface area contributed by atoms with Crippen molar-refractivity contribution in [3.8, 4) is 5.69 Å². The fourth-order valence-electron chi connectivity index (χ4n) is 2.96. The van der Waals surface area contributed by atoms with Crippen LogP contribution in [0.5, 0.6) is 0 Å². The summed E-state index contributed by atoms with van der Waals surface area (Å²) in [5.74, 6) is -0.303. The largest absolute Gasteiger partial charge is 0.325 e. The Morgan fingerprint density at radius 1 is 1.00 bits per heavy atom. The summed E-state index contributed by atoms with van der Waals surface area (Å²) < 4.78 is 2.53. The number of rotatable bonds is 7. The van der Waals surface area contributed by atoms with Gasteiger partial charge in [0.1, 0.15) is 0 Å². The number of benzene rings is 3. The normalized spacial score (nSPS) is 10.6. The average Bonchev–Trinajstić information content (AvgIpc) is 3.29. The molecule has 0 radical (unpaired) electrons. The monoisotopic (exact) mass is 522 g/mol. The number of thioether (sulfide) groups is 1. The van der Waals surface area contributed by atoms with E-state index < -0.39 is 0 Å². The van der Waals surface area contributed by atoms with Crippen LogP contribution in [0, 0.1) is 6.92 Å². The first kappa shape index (κ1) is 22.7. The van der Waals surface area contributed by atoms with Gasteiger partial charge in [-0.3, -0.25) is 9.59 Å². The number of carbonyl (C=O) groups excluding carboxylic acids is 2. The number of halogens is 1. The van der Waals surface area contributed by atoms with Gasteiger partial charge in [-0.15, -0.1) is 5.10 Å². The van der Waals surface area contributed by atoms with Gasteiger partial charge in [-0.2, -0.15) is 4.68 Å². The number of aromatic nitrogens is 4. The summed E-state index contributed by atoms with van der Waals surface area (Å²) in [4.78, 5) is 25.0. The zero-order valence-electron chi connectivity index (χ0n) is 17.5. The SMILES string of the molecule is Cc1ccc(NC(=O)CSc2nnnn2-c2ccc(Br)cc2)cc1NC(=O)c1ccccc1. The molecular formula is C23H19BrN6O2S. The van der Waals surface area contributed by atoms with Gasteiger partial charge >= 0.3 is 0 Å². The summed E-state index contributed by atoms with van der Waals surface area (Å²) in [6, 6.07) is 21.9. The van der Waals surface area contributed by atoms with E-state index in [1.165, 1.54) is 11.8 Å². The molecule has 0 aliphatic carbocycles. The van der Waals surface area contributed by atoms with Crippen LogP contribution in [0.25, 0.3) is 5.69 Å². The predicted octanol–water partition coefficient (Wildman–Crippen LogP) is 4.72. The Bertz CT molecular complexity index is 1280. The highest BCUT2D eigenvalue weighted by Crippen LogP contribution is 2.23. The summed E-state index contributed by atoms with van der Waals surface area (Å²) in [5.41, 5.74) is 3.46. The van der Waals surface area contributed by atoms with Crippen LogP contribution in [0.4, 0.5) is 11.4 Å². The third-order valence-electron chi connectivity index (χ3n) is 4.65. The zero-order chi connectivity index (χ0) is 23.2. The lowest BCUT2D eigenvalue weighted by Crippen LogP contribution is -2.16. The van der Waals surface area contributed by atoms with Crippen LogP contribution in [0.15, 0.2) is 82.4 Å². The van der Waals surface area contributed by atoms with Crippen molar-refractivity contribution < 1.29 is 9.59 Å². The van der Waals surface area contributed by atoms with E-state index >= 15 is 0 Å². The van der Waals surface area contributed by atoms with E-state index in [2.05, 4.69) is 42.1 Å². The Labute approximate surface area is 202 Å². The number of carbonyl (C=O) groups is 2. The first-order chi connectivity index (χ1) is 16.0. The fraction of sp³-hybridized carbons (Fsp3) is 0.0870. The summed E-state index contributed by atoms with van der Waals surface area (Å²) >= 11 is 4.63. The molecule has 8 nitrogen and oxygen atoms in total. The number of aryl methyl sites for hydroxylation is 1. The highest BCUT2D eigenvalue weighted by molar-refractivity contribution is 9.10. The lowest BCUT2D eigenvalue weighted by atomic mass is 10.1. The Hall–Kier alpha value is -3.50. The molecule has 4 rings (SSSR count). The minimum Gasteiger partial charge on any atom is -0.325 e. The molecule has 33 heavy (non-hydrogen) atoms. The van der Waals surface area contributed by atoms with Crippen LogP contribution >= 0.6 is 27.7 Å². The van der Waals surface area contributed by atoms with Crippen LogP contribution < -0.4 is 10.6 Å². The van der Waals surface area contributed by atoms with E-state index in [9.17, 15) is 9.59 Å².